The molecule has 3 N–H and O–H groups in total. The zero-order chi connectivity index (χ0) is 19.7. The number of benzene rings is 1. The average molecular weight is 383 g/mol. The van der Waals surface area contributed by atoms with Crippen LogP contribution in [0.5, 0.6) is 0 Å². The average Bonchev–Trinajstić information content (AvgIpc) is 2.56. The number of carbonyl (C=O) groups is 3. The lowest BCUT2D eigenvalue weighted by Gasteiger charge is -2.10. The number of rotatable bonds is 8. The summed E-state index contributed by atoms with van der Waals surface area (Å²) in [7, 11) is -3.67. The van der Waals surface area contributed by atoms with Crippen molar-refractivity contribution in [3.63, 3.8) is 0 Å². The Morgan fingerprint density at radius 2 is 1.81 bits per heavy atom. The van der Waals surface area contributed by atoms with Gasteiger partial charge in [0, 0.05) is 12.6 Å². The van der Waals surface area contributed by atoms with Crippen LogP contribution in [0, 0.1) is 0 Å². The van der Waals surface area contributed by atoms with E-state index in [1.165, 1.54) is 30.3 Å². The molecule has 3 amide bonds. The van der Waals surface area contributed by atoms with Crippen LogP contribution in [0.15, 0.2) is 41.8 Å². The Hall–Kier alpha value is -2.72. The maximum Gasteiger partial charge on any atom is 0.338 e. The highest BCUT2D eigenvalue weighted by Gasteiger charge is 2.17. The minimum Gasteiger partial charge on any atom is -0.452 e. The van der Waals surface area contributed by atoms with Crippen LogP contribution in [0.2, 0.25) is 0 Å². The van der Waals surface area contributed by atoms with Crippen LogP contribution in [-0.4, -0.2) is 45.5 Å². The van der Waals surface area contributed by atoms with E-state index in [1.807, 2.05) is 5.32 Å². The van der Waals surface area contributed by atoms with Gasteiger partial charge in [0.15, 0.2) is 6.61 Å². The highest BCUT2D eigenvalue weighted by Crippen LogP contribution is 2.12. The van der Waals surface area contributed by atoms with E-state index < -0.39 is 34.5 Å². The lowest BCUT2D eigenvalue weighted by molar-refractivity contribution is -0.123. The molecular formula is C16H21N3O6S. The maximum atomic E-state index is 12.0. The van der Waals surface area contributed by atoms with Crippen LogP contribution in [0.1, 0.15) is 24.2 Å². The number of amides is 3. The first-order chi connectivity index (χ1) is 12.2. The Morgan fingerprint density at radius 1 is 1.19 bits per heavy atom. The van der Waals surface area contributed by atoms with Gasteiger partial charge in [-0.3, -0.25) is 10.1 Å². The number of ether oxygens (including phenoxy) is 1. The van der Waals surface area contributed by atoms with Crippen LogP contribution in [0.3, 0.4) is 0 Å². The Kier molecular flexibility index (Phi) is 7.94. The highest BCUT2D eigenvalue weighted by atomic mass is 32.2. The first-order valence-corrected chi connectivity index (χ1v) is 9.12. The van der Waals surface area contributed by atoms with Crippen molar-refractivity contribution in [2.45, 2.75) is 24.8 Å². The van der Waals surface area contributed by atoms with Gasteiger partial charge in [-0.25, -0.2) is 22.7 Å². The molecule has 0 atom stereocenters. The fourth-order valence-corrected chi connectivity index (χ4v) is 2.99. The van der Waals surface area contributed by atoms with Gasteiger partial charge in [-0.15, -0.1) is 6.58 Å². The first kappa shape index (κ1) is 21.3. The molecule has 26 heavy (non-hydrogen) atoms. The van der Waals surface area contributed by atoms with Gasteiger partial charge >= 0.3 is 12.0 Å². The van der Waals surface area contributed by atoms with Gasteiger partial charge in [-0.2, -0.15) is 0 Å². The molecule has 0 heterocycles. The van der Waals surface area contributed by atoms with Crippen LogP contribution in [0.25, 0.3) is 0 Å². The Balaban J connectivity index is 2.59. The molecule has 0 aliphatic rings. The van der Waals surface area contributed by atoms with Gasteiger partial charge in [0.05, 0.1) is 10.5 Å². The van der Waals surface area contributed by atoms with Crippen LogP contribution in [0.4, 0.5) is 4.79 Å². The molecule has 0 saturated carbocycles. The van der Waals surface area contributed by atoms with E-state index in [2.05, 4.69) is 16.6 Å². The molecule has 0 radical (unpaired) electrons. The lowest BCUT2D eigenvalue weighted by atomic mass is 10.2. The van der Waals surface area contributed by atoms with Gasteiger partial charge < -0.3 is 10.1 Å². The molecule has 1 aromatic rings. The third-order valence-corrected chi connectivity index (χ3v) is 4.46. The number of esters is 1. The minimum absolute atomic E-state index is 0.000571. The van der Waals surface area contributed by atoms with Crippen molar-refractivity contribution in [3.8, 4) is 0 Å². The van der Waals surface area contributed by atoms with Crippen molar-refractivity contribution in [1.82, 2.24) is 15.4 Å². The standard InChI is InChI=1S/C16H21N3O6S/c1-4-9-17-16(22)18-14(20)10-25-15(21)12-5-7-13(8-6-12)26(23,24)19-11(2)3/h4-8,11,19H,1,9-10H2,2-3H3,(H2,17,18,20,22). The summed E-state index contributed by atoms with van der Waals surface area (Å²) >= 11 is 0. The van der Waals surface area contributed by atoms with Gasteiger partial charge in [0.25, 0.3) is 5.91 Å². The van der Waals surface area contributed by atoms with Crippen LogP contribution < -0.4 is 15.4 Å². The molecule has 1 rings (SSSR count). The molecule has 0 unspecified atom stereocenters. The zero-order valence-corrected chi connectivity index (χ0v) is 15.3. The van der Waals surface area contributed by atoms with Crippen molar-refractivity contribution in [1.29, 1.82) is 0 Å². The zero-order valence-electron chi connectivity index (χ0n) is 14.4. The molecule has 142 valence electrons. The van der Waals surface area contributed by atoms with E-state index in [-0.39, 0.29) is 23.0 Å². The number of hydrogen-bond acceptors (Lipinski definition) is 6. The summed E-state index contributed by atoms with van der Waals surface area (Å²) in [5.41, 5.74) is 0.0670. The monoisotopic (exact) mass is 383 g/mol. The largest absolute Gasteiger partial charge is 0.452 e. The second-order valence-electron chi connectivity index (χ2n) is 5.42. The molecule has 0 saturated heterocycles. The second kappa shape index (κ2) is 9.68. The third-order valence-electron chi connectivity index (χ3n) is 2.79. The summed E-state index contributed by atoms with van der Waals surface area (Å²) in [6.07, 6.45) is 1.44. The maximum absolute atomic E-state index is 12.0. The molecule has 0 aliphatic heterocycles. The fraction of sp³-hybridized carbons (Fsp3) is 0.312. The van der Waals surface area contributed by atoms with E-state index in [9.17, 15) is 22.8 Å². The van der Waals surface area contributed by atoms with Gasteiger partial charge in [0.1, 0.15) is 0 Å². The number of sulfonamides is 1. The van der Waals surface area contributed by atoms with Crippen molar-refractivity contribution in [2.75, 3.05) is 13.2 Å². The molecule has 0 aromatic heterocycles. The van der Waals surface area contributed by atoms with Gasteiger partial charge in [0.2, 0.25) is 10.0 Å². The van der Waals surface area contributed by atoms with E-state index >= 15 is 0 Å². The second-order valence-corrected chi connectivity index (χ2v) is 7.14. The van der Waals surface area contributed by atoms with Gasteiger partial charge in [-0.05, 0) is 38.1 Å². The molecule has 0 bridgehead atoms. The molecular weight excluding hydrogens is 362 g/mol. The summed E-state index contributed by atoms with van der Waals surface area (Å²) in [4.78, 5) is 34.6. The summed E-state index contributed by atoms with van der Waals surface area (Å²) in [5.74, 6) is -1.63. The topological polar surface area (TPSA) is 131 Å². The number of carbonyl (C=O) groups excluding carboxylic acids is 3. The molecule has 0 fully saturated rings. The van der Waals surface area contributed by atoms with Crippen molar-refractivity contribution >= 4 is 27.9 Å². The summed E-state index contributed by atoms with van der Waals surface area (Å²) in [5, 5.41) is 4.29. The van der Waals surface area contributed by atoms with E-state index in [4.69, 9.17) is 4.74 Å². The Bertz CT molecular complexity index is 772. The molecule has 1 aromatic carbocycles. The van der Waals surface area contributed by atoms with E-state index in [0.29, 0.717) is 0 Å². The minimum atomic E-state index is -3.67. The van der Waals surface area contributed by atoms with Gasteiger partial charge in [-0.1, -0.05) is 6.08 Å². The molecule has 0 aliphatic carbocycles. The first-order valence-electron chi connectivity index (χ1n) is 7.64. The lowest BCUT2D eigenvalue weighted by Crippen LogP contribution is -2.41. The normalized spacial score (nSPS) is 10.9. The van der Waals surface area contributed by atoms with E-state index in [0.717, 1.165) is 0 Å². The summed E-state index contributed by atoms with van der Waals surface area (Å²) in [6.45, 7) is 6.30. The predicted octanol–water partition coefficient (Wildman–Crippen LogP) is 0.542. The quantitative estimate of drug-likeness (QED) is 0.444. The molecule has 10 heteroatoms. The number of nitrogens with one attached hydrogen (secondary N) is 3. The SMILES string of the molecule is C=CCNC(=O)NC(=O)COC(=O)c1ccc(S(=O)(=O)NC(C)C)cc1. The van der Waals surface area contributed by atoms with Crippen molar-refractivity contribution in [3.05, 3.63) is 42.5 Å². The summed E-state index contributed by atoms with van der Waals surface area (Å²) < 4.78 is 31.2. The molecule has 9 nitrogen and oxygen atoms in total. The van der Waals surface area contributed by atoms with Crippen LogP contribution >= 0.6 is 0 Å². The smallest absolute Gasteiger partial charge is 0.338 e. The fourth-order valence-electron chi connectivity index (χ4n) is 1.73. The Labute approximate surface area is 151 Å². The highest BCUT2D eigenvalue weighted by molar-refractivity contribution is 7.89. The van der Waals surface area contributed by atoms with Crippen LogP contribution in [-0.2, 0) is 19.6 Å². The Morgan fingerprint density at radius 3 is 2.35 bits per heavy atom. The number of hydrogen-bond donors (Lipinski definition) is 3. The molecule has 0 spiro atoms. The predicted molar refractivity (Wildman–Crippen MR) is 93.9 cm³/mol. The van der Waals surface area contributed by atoms with Crippen molar-refractivity contribution < 1.29 is 27.5 Å². The summed E-state index contributed by atoms with van der Waals surface area (Å²) in [6, 6.07) is 4.04. The number of urea groups is 1. The van der Waals surface area contributed by atoms with Crippen molar-refractivity contribution in [2.24, 2.45) is 0 Å². The van der Waals surface area contributed by atoms with E-state index in [1.54, 1.807) is 13.8 Å². The third kappa shape index (κ3) is 7.03. The number of imide groups is 1.